The molecule has 4 aromatic rings. The minimum absolute atomic E-state index is 0.0212. The van der Waals surface area contributed by atoms with Gasteiger partial charge in [-0.3, -0.25) is 14.9 Å². The molecule has 0 fully saturated rings. The minimum Gasteiger partial charge on any atom is -0.321 e. The molecular formula is C19H13N5O5S2. The van der Waals surface area contributed by atoms with E-state index in [2.05, 4.69) is 20.0 Å². The van der Waals surface area contributed by atoms with Crippen molar-refractivity contribution in [2.24, 2.45) is 0 Å². The van der Waals surface area contributed by atoms with E-state index in [1.165, 1.54) is 60.1 Å². The quantitative estimate of drug-likeness (QED) is 0.333. The highest BCUT2D eigenvalue weighted by Crippen LogP contribution is 2.29. The normalized spacial score (nSPS) is 11.2. The molecule has 2 heterocycles. The van der Waals surface area contributed by atoms with E-state index in [0.717, 1.165) is 4.70 Å². The Morgan fingerprint density at radius 2 is 1.74 bits per heavy atom. The van der Waals surface area contributed by atoms with Crippen molar-refractivity contribution < 1.29 is 18.1 Å². The SMILES string of the molecule is O=C(Nc1ccc(S(=O)(=O)Nc2ncccn2)cc1)c1cc2cc([N+](=O)[O-])ccc2s1. The first-order valence-electron chi connectivity index (χ1n) is 8.71. The van der Waals surface area contributed by atoms with E-state index in [9.17, 15) is 23.3 Å². The molecule has 0 unspecified atom stereocenters. The van der Waals surface area contributed by atoms with Crippen LogP contribution in [0.3, 0.4) is 0 Å². The van der Waals surface area contributed by atoms with Gasteiger partial charge in [0.05, 0.1) is 14.7 Å². The lowest BCUT2D eigenvalue weighted by atomic mass is 10.2. The highest BCUT2D eigenvalue weighted by Gasteiger charge is 2.17. The second-order valence-corrected chi connectivity index (χ2v) is 9.01. The van der Waals surface area contributed by atoms with E-state index in [0.29, 0.717) is 16.0 Å². The van der Waals surface area contributed by atoms with Crippen molar-refractivity contribution in [2.45, 2.75) is 4.90 Å². The number of carbonyl (C=O) groups excluding carboxylic acids is 1. The van der Waals surface area contributed by atoms with Crippen LogP contribution in [-0.4, -0.2) is 29.2 Å². The summed E-state index contributed by atoms with van der Waals surface area (Å²) >= 11 is 1.20. The molecule has 0 aliphatic carbocycles. The van der Waals surface area contributed by atoms with E-state index in [1.54, 1.807) is 18.2 Å². The fraction of sp³-hybridized carbons (Fsp3) is 0. The van der Waals surface area contributed by atoms with Gasteiger partial charge in [-0.2, -0.15) is 0 Å². The largest absolute Gasteiger partial charge is 0.321 e. The average molecular weight is 455 g/mol. The summed E-state index contributed by atoms with van der Waals surface area (Å²) in [5.74, 6) is -0.458. The van der Waals surface area contributed by atoms with Crippen molar-refractivity contribution >= 4 is 54.7 Å². The van der Waals surface area contributed by atoms with Crippen LogP contribution in [0.15, 0.2) is 71.9 Å². The molecule has 10 nitrogen and oxygen atoms in total. The number of fused-ring (bicyclic) bond motifs is 1. The third kappa shape index (κ3) is 4.49. The summed E-state index contributed by atoms with van der Waals surface area (Å²) in [7, 11) is -3.88. The highest BCUT2D eigenvalue weighted by atomic mass is 32.2. The van der Waals surface area contributed by atoms with E-state index >= 15 is 0 Å². The topological polar surface area (TPSA) is 144 Å². The number of nitro groups is 1. The molecule has 0 aliphatic rings. The summed E-state index contributed by atoms with van der Waals surface area (Å²) in [6.07, 6.45) is 2.82. The maximum atomic E-state index is 12.5. The van der Waals surface area contributed by atoms with Gasteiger partial charge in [-0.15, -0.1) is 11.3 Å². The minimum atomic E-state index is -3.88. The Balaban J connectivity index is 1.49. The molecule has 0 atom stereocenters. The average Bonchev–Trinajstić information content (AvgIpc) is 3.18. The van der Waals surface area contributed by atoms with Crippen LogP contribution in [0.25, 0.3) is 10.1 Å². The van der Waals surface area contributed by atoms with Crippen molar-refractivity contribution in [1.82, 2.24) is 9.97 Å². The smallest absolute Gasteiger partial charge is 0.270 e. The first-order chi connectivity index (χ1) is 14.8. The van der Waals surface area contributed by atoms with Gasteiger partial charge in [0.1, 0.15) is 0 Å². The van der Waals surface area contributed by atoms with Gasteiger partial charge in [0.15, 0.2) is 0 Å². The van der Waals surface area contributed by atoms with Crippen LogP contribution in [0.4, 0.5) is 17.3 Å². The summed E-state index contributed by atoms with van der Waals surface area (Å²) in [6.45, 7) is 0. The van der Waals surface area contributed by atoms with Gasteiger partial charge in [0, 0.05) is 40.3 Å². The Bertz CT molecular complexity index is 1390. The fourth-order valence-corrected chi connectivity index (χ4v) is 4.59. The number of nitro benzene ring substituents is 1. The molecule has 0 radical (unpaired) electrons. The summed E-state index contributed by atoms with van der Waals surface area (Å²) in [4.78, 5) is 30.9. The first kappa shape index (κ1) is 20.4. The lowest BCUT2D eigenvalue weighted by Gasteiger charge is -2.08. The van der Waals surface area contributed by atoms with Gasteiger partial charge >= 0.3 is 0 Å². The lowest BCUT2D eigenvalue weighted by molar-refractivity contribution is -0.384. The molecule has 1 amide bonds. The predicted molar refractivity (Wildman–Crippen MR) is 116 cm³/mol. The van der Waals surface area contributed by atoms with E-state index in [-0.39, 0.29) is 16.5 Å². The molecule has 2 N–H and O–H groups in total. The molecule has 4 rings (SSSR count). The first-order valence-corrected chi connectivity index (χ1v) is 11.0. The van der Waals surface area contributed by atoms with Crippen LogP contribution in [0.1, 0.15) is 9.67 Å². The number of hydrogen-bond acceptors (Lipinski definition) is 8. The van der Waals surface area contributed by atoms with E-state index < -0.39 is 20.9 Å². The van der Waals surface area contributed by atoms with Crippen LogP contribution in [0, 0.1) is 10.1 Å². The monoisotopic (exact) mass is 455 g/mol. The summed E-state index contributed by atoms with van der Waals surface area (Å²) < 4.78 is 27.8. The van der Waals surface area contributed by atoms with Crippen LogP contribution in [0.2, 0.25) is 0 Å². The highest BCUT2D eigenvalue weighted by molar-refractivity contribution is 7.92. The van der Waals surface area contributed by atoms with Gasteiger partial charge in [0.2, 0.25) is 5.95 Å². The van der Waals surface area contributed by atoms with Gasteiger partial charge in [-0.05, 0) is 42.5 Å². The number of nitrogens with one attached hydrogen (secondary N) is 2. The molecule has 12 heteroatoms. The number of amides is 1. The summed E-state index contributed by atoms with van der Waals surface area (Å²) in [5, 5.41) is 14.2. The van der Waals surface area contributed by atoms with Crippen LogP contribution in [0.5, 0.6) is 0 Å². The van der Waals surface area contributed by atoms with Gasteiger partial charge in [0.25, 0.3) is 21.6 Å². The van der Waals surface area contributed by atoms with Crippen molar-refractivity contribution in [3.63, 3.8) is 0 Å². The Labute approximate surface area is 179 Å². The number of aromatic nitrogens is 2. The second-order valence-electron chi connectivity index (χ2n) is 6.25. The molecule has 156 valence electrons. The molecular weight excluding hydrogens is 442 g/mol. The number of rotatable bonds is 6. The summed E-state index contributed by atoms with van der Waals surface area (Å²) in [5.41, 5.74) is 0.340. The zero-order valence-corrected chi connectivity index (χ0v) is 17.2. The molecule has 2 aromatic carbocycles. The lowest BCUT2D eigenvalue weighted by Crippen LogP contribution is -2.15. The zero-order chi connectivity index (χ0) is 22.0. The van der Waals surface area contributed by atoms with Crippen molar-refractivity contribution in [2.75, 3.05) is 10.0 Å². The van der Waals surface area contributed by atoms with Crippen LogP contribution >= 0.6 is 11.3 Å². The van der Waals surface area contributed by atoms with Gasteiger partial charge < -0.3 is 5.32 Å². The van der Waals surface area contributed by atoms with E-state index in [1.807, 2.05) is 0 Å². The molecule has 0 bridgehead atoms. The third-order valence-electron chi connectivity index (χ3n) is 4.15. The number of carbonyl (C=O) groups is 1. The fourth-order valence-electron chi connectivity index (χ4n) is 2.70. The van der Waals surface area contributed by atoms with Crippen molar-refractivity contribution in [3.8, 4) is 0 Å². The van der Waals surface area contributed by atoms with Crippen molar-refractivity contribution in [1.29, 1.82) is 0 Å². The van der Waals surface area contributed by atoms with Gasteiger partial charge in [-0.25, -0.2) is 23.1 Å². The van der Waals surface area contributed by atoms with E-state index in [4.69, 9.17) is 0 Å². The number of benzene rings is 2. The maximum Gasteiger partial charge on any atom is 0.270 e. The maximum absolute atomic E-state index is 12.5. The second kappa shape index (κ2) is 8.08. The standard InChI is InChI=1S/C19H13N5O5S2/c25-18(17-11-12-10-14(24(26)27)4-7-16(12)30-17)22-13-2-5-15(6-3-13)31(28,29)23-19-20-8-1-9-21-19/h1-11H,(H,22,25)(H,20,21,23). The number of non-ortho nitro benzene ring substituents is 1. The molecule has 0 saturated carbocycles. The van der Waals surface area contributed by atoms with Crippen LogP contribution in [-0.2, 0) is 10.0 Å². The Kier molecular flexibility index (Phi) is 5.31. The Morgan fingerprint density at radius 1 is 1.03 bits per heavy atom. The van der Waals surface area contributed by atoms with Gasteiger partial charge in [-0.1, -0.05) is 0 Å². The van der Waals surface area contributed by atoms with Crippen molar-refractivity contribution in [3.05, 3.63) is 82.0 Å². The number of anilines is 2. The molecule has 0 aliphatic heterocycles. The Hall–Kier alpha value is -3.90. The molecule has 31 heavy (non-hydrogen) atoms. The molecule has 2 aromatic heterocycles. The number of nitrogens with zero attached hydrogens (tertiary/aromatic N) is 3. The van der Waals surface area contributed by atoms with Crippen LogP contribution < -0.4 is 10.0 Å². The Morgan fingerprint density at radius 3 is 2.42 bits per heavy atom. The molecule has 0 saturated heterocycles. The molecule has 0 spiro atoms. The number of sulfonamides is 1. The number of hydrogen-bond donors (Lipinski definition) is 2. The third-order valence-corrected chi connectivity index (χ3v) is 6.61. The number of thiophene rings is 1. The predicted octanol–water partition coefficient (Wildman–Crippen LogP) is 3.65. The zero-order valence-electron chi connectivity index (χ0n) is 15.6. The summed E-state index contributed by atoms with van der Waals surface area (Å²) in [6, 6.07) is 13.1.